The summed E-state index contributed by atoms with van der Waals surface area (Å²) in [4.78, 5) is 17.1. The normalized spacial score (nSPS) is 27.6. The number of piperidine rings is 1. The lowest BCUT2D eigenvalue weighted by Gasteiger charge is -2.35. The van der Waals surface area contributed by atoms with Gasteiger partial charge in [0, 0.05) is 44.3 Å². The van der Waals surface area contributed by atoms with Crippen LogP contribution in [0.4, 0.5) is 10.1 Å². The molecule has 1 saturated carbocycles. The molecular formula is C22H30FN5O. The summed E-state index contributed by atoms with van der Waals surface area (Å²) < 4.78 is 14.7. The first-order chi connectivity index (χ1) is 14.1. The number of hydrogen-bond donors (Lipinski definition) is 2. The number of fused-ring (bicyclic) bond motifs is 2. The Kier molecular flexibility index (Phi) is 6.02. The maximum absolute atomic E-state index is 14.7. The van der Waals surface area contributed by atoms with Gasteiger partial charge in [-0.05, 0) is 49.4 Å². The second-order valence-corrected chi connectivity index (χ2v) is 8.51. The molecule has 0 aromatic heterocycles. The Morgan fingerprint density at radius 1 is 1.34 bits per heavy atom. The molecule has 1 aromatic rings. The van der Waals surface area contributed by atoms with Crippen molar-refractivity contribution in [3.05, 3.63) is 29.6 Å². The zero-order chi connectivity index (χ0) is 20.4. The summed E-state index contributed by atoms with van der Waals surface area (Å²) in [5.74, 6) is -0.0777. The molecule has 2 bridgehead atoms. The Hall–Kier alpha value is -2.17. The van der Waals surface area contributed by atoms with Crippen molar-refractivity contribution in [1.82, 2.24) is 15.5 Å². The highest BCUT2D eigenvalue weighted by molar-refractivity contribution is 5.83. The molecule has 4 atom stereocenters. The molecule has 2 N–H and O–H groups in total. The molecule has 2 saturated heterocycles. The van der Waals surface area contributed by atoms with E-state index in [4.69, 9.17) is 0 Å². The Morgan fingerprint density at radius 2 is 2.14 bits per heavy atom. The molecule has 3 unspecified atom stereocenters. The Labute approximate surface area is 172 Å². The monoisotopic (exact) mass is 399 g/mol. The molecule has 0 radical (unpaired) electrons. The Morgan fingerprint density at radius 3 is 2.72 bits per heavy atom. The van der Waals surface area contributed by atoms with Gasteiger partial charge < -0.3 is 20.4 Å². The van der Waals surface area contributed by atoms with Crippen LogP contribution in [0.1, 0.15) is 31.7 Å². The predicted octanol–water partition coefficient (Wildman–Crippen LogP) is 1.66. The average Bonchev–Trinajstić information content (AvgIpc) is 3.38. The molecule has 4 rings (SSSR count). The van der Waals surface area contributed by atoms with E-state index < -0.39 is 6.04 Å². The number of amides is 1. The first-order valence-corrected chi connectivity index (χ1v) is 10.8. The molecular weight excluding hydrogens is 369 g/mol. The van der Waals surface area contributed by atoms with Gasteiger partial charge >= 0.3 is 0 Å². The highest BCUT2D eigenvalue weighted by Crippen LogP contribution is 2.35. The van der Waals surface area contributed by atoms with E-state index in [1.165, 1.54) is 0 Å². The largest absolute Gasteiger partial charge is 0.369 e. The molecule has 156 valence electrons. The van der Waals surface area contributed by atoms with Crippen LogP contribution in [0, 0.1) is 23.1 Å². The van der Waals surface area contributed by atoms with Crippen LogP contribution < -0.4 is 15.5 Å². The van der Waals surface area contributed by atoms with Crippen LogP contribution in [-0.2, 0) is 11.2 Å². The van der Waals surface area contributed by atoms with E-state index in [1.807, 2.05) is 6.07 Å². The van der Waals surface area contributed by atoms with Gasteiger partial charge in [0.15, 0.2) is 0 Å². The van der Waals surface area contributed by atoms with Crippen molar-refractivity contribution in [3.8, 4) is 6.07 Å². The van der Waals surface area contributed by atoms with Crippen LogP contribution in [-0.4, -0.2) is 61.7 Å². The number of likely N-dealkylation sites (N-methyl/N-ethyl adjacent to an activating group) is 1. The predicted molar refractivity (Wildman–Crippen MR) is 110 cm³/mol. The van der Waals surface area contributed by atoms with Gasteiger partial charge in [0.1, 0.15) is 11.9 Å². The van der Waals surface area contributed by atoms with Gasteiger partial charge in [-0.1, -0.05) is 13.0 Å². The molecule has 3 fully saturated rings. The molecule has 0 spiro atoms. The molecule has 7 heteroatoms. The van der Waals surface area contributed by atoms with E-state index >= 15 is 0 Å². The third-order valence-corrected chi connectivity index (χ3v) is 6.76. The van der Waals surface area contributed by atoms with Gasteiger partial charge in [-0.2, -0.15) is 5.26 Å². The summed E-state index contributed by atoms with van der Waals surface area (Å²) in [6.45, 7) is 6.95. The number of halogens is 1. The highest BCUT2D eigenvalue weighted by atomic mass is 19.1. The lowest BCUT2D eigenvalue weighted by Crippen LogP contribution is -2.50. The minimum absolute atomic E-state index is 0.130. The maximum Gasteiger partial charge on any atom is 0.238 e. The standard InChI is InChI=1S/C22H30FN5O/c1-2-27-7-9-28(10-8-27)19-6-4-15(20(23)13-19)11-18(14-24)26-22(29)21-16-3-5-17(12-16)25-21/h4,6,13,16-18,21,25H,2-3,5,7-12H2,1H3,(H,26,29)/t16?,17?,18-,21?/m0/s1. The number of nitriles is 1. The molecule has 29 heavy (non-hydrogen) atoms. The summed E-state index contributed by atoms with van der Waals surface area (Å²) in [5.41, 5.74) is 1.35. The zero-order valence-corrected chi connectivity index (χ0v) is 17.0. The number of carbonyl (C=O) groups excluding carboxylic acids is 1. The van der Waals surface area contributed by atoms with E-state index in [1.54, 1.807) is 12.1 Å². The van der Waals surface area contributed by atoms with Gasteiger partial charge in [-0.3, -0.25) is 4.79 Å². The number of piperazine rings is 1. The van der Waals surface area contributed by atoms with Crippen molar-refractivity contribution in [1.29, 1.82) is 5.26 Å². The van der Waals surface area contributed by atoms with Gasteiger partial charge in [0.25, 0.3) is 0 Å². The van der Waals surface area contributed by atoms with Gasteiger partial charge in [-0.15, -0.1) is 0 Å². The third-order valence-electron chi connectivity index (χ3n) is 6.76. The fraction of sp³-hybridized carbons (Fsp3) is 0.636. The molecule has 2 heterocycles. The van der Waals surface area contributed by atoms with E-state index in [-0.39, 0.29) is 24.2 Å². The fourth-order valence-corrected chi connectivity index (χ4v) is 4.98. The quantitative estimate of drug-likeness (QED) is 0.761. The van der Waals surface area contributed by atoms with Crippen molar-refractivity contribution in [2.24, 2.45) is 5.92 Å². The zero-order valence-electron chi connectivity index (χ0n) is 17.0. The lowest BCUT2D eigenvalue weighted by atomic mass is 9.98. The molecule has 2 aliphatic heterocycles. The summed E-state index contributed by atoms with van der Waals surface area (Å²) in [6, 6.07) is 6.86. The second kappa shape index (κ2) is 8.68. The van der Waals surface area contributed by atoms with Crippen LogP contribution in [0.15, 0.2) is 18.2 Å². The first-order valence-electron chi connectivity index (χ1n) is 10.8. The third kappa shape index (κ3) is 4.39. The number of benzene rings is 1. The maximum atomic E-state index is 14.7. The average molecular weight is 400 g/mol. The lowest BCUT2D eigenvalue weighted by molar-refractivity contribution is -0.124. The van der Waals surface area contributed by atoms with Crippen LogP contribution in [0.5, 0.6) is 0 Å². The van der Waals surface area contributed by atoms with E-state index in [2.05, 4.69) is 33.4 Å². The summed E-state index contributed by atoms with van der Waals surface area (Å²) >= 11 is 0. The van der Waals surface area contributed by atoms with Crippen molar-refractivity contribution >= 4 is 11.6 Å². The second-order valence-electron chi connectivity index (χ2n) is 8.51. The molecule has 6 nitrogen and oxygen atoms in total. The number of carbonyl (C=O) groups is 1. The van der Waals surface area contributed by atoms with E-state index in [9.17, 15) is 14.4 Å². The molecule has 1 aromatic carbocycles. The minimum Gasteiger partial charge on any atom is -0.369 e. The minimum atomic E-state index is -0.725. The van der Waals surface area contributed by atoms with E-state index in [0.717, 1.165) is 57.7 Å². The topological polar surface area (TPSA) is 71.4 Å². The SMILES string of the molecule is CCN1CCN(c2ccc(C[C@@H](C#N)NC(=O)C3NC4CCC3C4)c(F)c2)CC1. The van der Waals surface area contributed by atoms with Crippen molar-refractivity contribution in [2.45, 2.75) is 50.7 Å². The number of nitrogens with one attached hydrogen (secondary N) is 2. The smallest absolute Gasteiger partial charge is 0.238 e. The van der Waals surface area contributed by atoms with Gasteiger partial charge in [-0.25, -0.2) is 4.39 Å². The Balaban J connectivity index is 1.35. The van der Waals surface area contributed by atoms with Gasteiger partial charge in [0.2, 0.25) is 5.91 Å². The molecule has 1 amide bonds. The number of hydrogen-bond acceptors (Lipinski definition) is 5. The van der Waals surface area contributed by atoms with Crippen LogP contribution in [0.2, 0.25) is 0 Å². The number of rotatable bonds is 6. The first kappa shape index (κ1) is 20.1. The van der Waals surface area contributed by atoms with Crippen LogP contribution in [0.25, 0.3) is 0 Å². The van der Waals surface area contributed by atoms with Gasteiger partial charge in [0.05, 0.1) is 12.1 Å². The van der Waals surface area contributed by atoms with Crippen LogP contribution in [0.3, 0.4) is 0 Å². The Bertz CT molecular complexity index is 786. The number of anilines is 1. The molecule has 3 aliphatic rings. The van der Waals surface area contributed by atoms with Crippen molar-refractivity contribution < 1.29 is 9.18 Å². The van der Waals surface area contributed by atoms with Crippen molar-refractivity contribution in [3.63, 3.8) is 0 Å². The number of nitrogens with zero attached hydrogens (tertiary/aromatic N) is 3. The summed E-state index contributed by atoms with van der Waals surface area (Å²) in [6.07, 6.45) is 3.41. The van der Waals surface area contributed by atoms with E-state index in [0.29, 0.717) is 17.5 Å². The summed E-state index contributed by atoms with van der Waals surface area (Å²) in [5, 5.41) is 15.6. The van der Waals surface area contributed by atoms with Crippen molar-refractivity contribution in [2.75, 3.05) is 37.6 Å². The summed E-state index contributed by atoms with van der Waals surface area (Å²) in [7, 11) is 0. The molecule has 1 aliphatic carbocycles. The highest BCUT2D eigenvalue weighted by Gasteiger charge is 2.43. The fourth-order valence-electron chi connectivity index (χ4n) is 4.98. The van der Waals surface area contributed by atoms with Crippen LogP contribution >= 0.6 is 0 Å².